The molecular weight excluding hydrogens is 260 g/mol. The monoisotopic (exact) mass is 284 g/mol. The van der Waals surface area contributed by atoms with E-state index in [0.717, 1.165) is 38.5 Å². The minimum Gasteiger partial charge on any atom is -0.481 e. The molecule has 2 fully saturated rings. The molecule has 1 atom stereocenters. The van der Waals surface area contributed by atoms with Crippen molar-refractivity contribution < 1.29 is 19.4 Å². The minimum absolute atomic E-state index is 0.0142. The van der Waals surface area contributed by atoms with Crippen molar-refractivity contribution in [2.75, 3.05) is 20.2 Å². The van der Waals surface area contributed by atoms with Crippen LogP contribution >= 0.6 is 0 Å². The summed E-state index contributed by atoms with van der Waals surface area (Å²) in [5.74, 6) is -0.844. The van der Waals surface area contributed by atoms with Crippen LogP contribution in [0.4, 0.5) is 4.79 Å². The highest BCUT2D eigenvalue weighted by atomic mass is 16.5. The third-order valence-corrected chi connectivity index (χ3v) is 4.44. The smallest absolute Gasteiger partial charge is 0.317 e. The first kappa shape index (κ1) is 15.1. The van der Waals surface area contributed by atoms with Crippen molar-refractivity contribution in [3.63, 3.8) is 0 Å². The number of urea groups is 1. The molecule has 6 nitrogen and oxygen atoms in total. The number of nitrogens with one attached hydrogen (secondary N) is 1. The Morgan fingerprint density at radius 3 is 2.60 bits per heavy atom. The topological polar surface area (TPSA) is 78.9 Å². The second-order valence-electron chi connectivity index (χ2n) is 5.93. The number of amides is 2. The molecule has 1 saturated heterocycles. The third-order valence-electron chi connectivity index (χ3n) is 4.44. The summed E-state index contributed by atoms with van der Waals surface area (Å²) in [6.45, 7) is 1.26. The maximum atomic E-state index is 12.3. The van der Waals surface area contributed by atoms with Gasteiger partial charge in [-0.2, -0.15) is 0 Å². The summed E-state index contributed by atoms with van der Waals surface area (Å²) < 4.78 is 5.26. The summed E-state index contributed by atoms with van der Waals surface area (Å²) >= 11 is 0. The first-order valence-electron chi connectivity index (χ1n) is 7.36. The molecule has 2 rings (SSSR count). The van der Waals surface area contributed by atoms with Crippen LogP contribution in [0.3, 0.4) is 0 Å². The molecule has 1 aliphatic carbocycles. The Bertz CT molecular complexity index is 366. The first-order chi connectivity index (χ1) is 9.54. The highest BCUT2D eigenvalue weighted by Gasteiger charge is 2.38. The molecule has 2 amide bonds. The van der Waals surface area contributed by atoms with Crippen LogP contribution in [0, 0.1) is 0 Å². The lowest BCUT2D eigenvalue weighted by Gasteiger charge is -2.38. The number of hydrogen-bond donors (Lipinski definition) is 2. The van der Waals surface area contributed by atoms with Crippen LogP contribution in [0.25, 0.3) is 0 Å². The molecular formula is C14H24N2O4. The third kappa shape index (κ3) is 3.62. The SMILES string of the molecule is COC1CCN(C(=O)NC2(CC(=O)O)CCCCC2)C1. The first-order valence-corrected chi connectivity index (χ1v) is 7.36. The van der Waals surface area contributed by atoms with Gasteiger partial charge in [-0.15, -0.1) is 0 Å². The van der Waals surface area contributed by atoms with E-state index in [0.29, 0.717) is 13.1 Å². The van der Waals surface area contributed by atoms with E-state index in [1.165, 1.54) is 0 Å². The van der Waals surface area contributed by atoms with Crippen molar-refractivity contribution >= 4 is 12.0 Å². The molecule has 0 bridgehead atoms. The predicted molar refractivity (Wildman–Crippen MR) is 73.6 cm³/mol. The maximum absolute atomic E-state index is 12.3. The van der Waals surface area contributed by atoms with Gasteiger partial charge in [-0.1, -0.05) is 19.3 Å². The quantitative estimate of drug-likeness (QED) is 0.821. The van der Waals surface area contributed by atoms with Gasteiger partial charge in [0, 0.05) is 20.2 Å². The number of aliphatic carboxylic acids is 1. The molecule has 2 aliphatic rings. The summed E-state index contributed by atoms with van der Waals surface area (Å²) in [5, 5.41) is 12.1. The van der Waals surface area contributed by atoms with Gasteiger partial charge in [0.05, 0.1) is 18.1 Å². The molecule has 1 saturated carbocycles. The van der Waals surface area contributed by atoms with Crippen LogP contribution < -0.4 is 5.32 Å². The Morgan fingerprint density at radius 2 is 2.05 bits per heavy atom. The van der Waals surface area contributed by atoms with Gasteiger partial charge in [0.25, 0.3) is 0 Å². The van der Waals surface area contributed by atoms with Crippen molar-refractivity contribution in [2.24, 2.45) is 0 Å². The fourth-order valence-electron chi connectivity index (χ4n) is 3.27. The Balaban J connectivity index is 1.96. The molecule has 1 unspecified atom stereocenters. The molecule has 6 heteroatoms. The maximum Gasteiger partial charge on any atom is 0.317 e. The number of methoxy groups -OCH3 is 1. The van der Waals surface area contributed by atoms with Crippen LogP contribution in [0.15, 0.2) is 0 Å². The number of carbonyl (C=O) groups excluding carboxylic acids is 1. The predicted octanol–water partition coefficient (Wildman–Crippen LogP) is 1.59. The van der Waals surface area contributed by atoms with E-state index in [1.54, 1.807) is 12.0 Å². The summed E-state index contributed by atoms with van der Waals surface area (Å²) in [6, 6.07) is -0.146. The molecule has 2 N–H and O–H groups in total. The van der Waals surface area contributed by atoms with Crippen LogP contribution in [-0.4, -0.2) is 53.8 Å². The Kier molecular flexibility index (Phi) is 4.86. The van der Waals surface area contributed by atoms with Crippen LogP contribution in [0.5, 0.6) is 0 Å². The lowest BCUT2D eigenvalue weighted by Crippen LogP contribution is -2.55. The minimum atomic E-state index is -0.844. The summed E-state index contributed by atoms with van der Waals surface area (Å²) in [6.07, 6.45) is 5.55. The summed E-state index contributed by atoms with van der Waals surface area (Å²) in [4.78, 5) is 25.1. The van der Waals surface area contributed by atoms with E-state index in [4.69, 9.17) is 9.84 Å². The van der Waals surface area contributed by atoms with Crippen LogP contribution in [-0.2, 0) is 9.53 Å². The van der Waals surface area contributed by atoms with E-state index >= 15 is 0 Å². The lowest BCUT2D eigenvalue weighted by molar-refractivity contribution is -0.139. The normalized spacial score (nSPS) is 25.4. The van der Waals surface area contributed by atoms with Gasteiger partial charge in [-0.3, -0.25) is 4.79 Å². The van der Waals surface area contributed by atoms with E-state index < -0.39 is 11.5 Å². The Labute approximate surface area is 119 Å². The fraction of sp³-hybridized carbons (Fsp3) is 0.857. The molecule has 20 heavy (non-hydrogen) atoms. The molecule has 1 heterocycles. The number of carboxylic acids is 1. The van der Waals surface area contributed by atoms with Gasteiger partial charge < -0.3 is 20.1 Å². The van der Waals surface area contributed by atoms with Crippen LogP contribution in [0.1, 0.15) is 44.9 Å². The lowest BCUT2D eigenvalue weighted by atomic mass is 9.79. The molecule has 0 aromatic carbocycles. The van der Waals surface area contributed by atoms with Crippen molar-refractivity contribution in [2.45, 2.75) is 56.6 Å². The van der Waals surface area contributed by atoms with Crippen molar-refractivity contribution in [1.29, 1.82) is 0 Å². The zero-order chi connectivity index (χ0) is 14.6. The van der Waals surface area contributed by atoms with E-state index in [-0.39, 0.29) is 18.6 Å². The van der Waals surface area contributed by atoms with Gasteiger partial charge in [-0.05, 0) is 19.3 Å². The Hall–Kier alpha value is -1.30. The van der Waals surface area contributed by atoms with Gasteiger partial charge in [-0.25, -0.2) is 4.79 Å². The van der Waals surface area contributed by atoms with Crippen molar-refractivity contribution in [3.8, 4) is 0 Å². The number of nitrogens with zero attached hydrogens (tertiary/aromatic N) is 1. The zero-order valence-corrected chi connectivity index (χ0v) is 12.1. The average molecular weight is 284 g/mol. The average Bonchev–Trinajstić information content (AvgIpc) is 2.87. The van der Waals surface area contributed by atoms with Gasteiger partial charge >= 0.3 is 12.0 Å². The van der Waals surface area contributed by atoms with Crippen molar-refractivity contribution in [1.82, 2.24) is 10.2 Å². The summed E-state index contributed by atoms with van der Waals surface area (Å²) in [7, 11) is 1.65. The number of hydrogen-bond acceptors (Lipinski definition) is 3. The van der Waals surface area contributed by atoms with Gasteiger partial charge in [0.2, 0.25) is 0 Å². The van der Waals surface area contributed by atoms with Crippen LogP contribution in [0.2, 0.25) is 0 Å². The highest BCUT2D eigenvalue weighted by Crippen LogP contribution is 2.31. The largest absolute Gasteiger partial charge is 0.481 e. The second kappa shape index (κ2) is 6.43. The standard InChI is InChI=1S/C14H24N2O4/c1-20-11-5-8-16(10-11)13(19)15-14(9-12(17)18)6-3-2-4-7-14/h11H,2-10H2,1H3,(H,15,19)(H,17,18). The Morgan fingerprint density at radius 1 is 1.35 bits per heavy atom. The van der Waals surface area contributed by atoms with Gasteiger partial charge in [0.15, 0.2) is 0 Å². The van der Waals surface area contributed by atoms with E-state index in [1.807, 2.05) is 0 Å². The summed E-state index contributed by atoms with van der Waals surface area (Å²) in [5.41, 5.74) is -0.563. The molecule has 0 aromatic heterocycles. The number of rotatable bonds is 4. The molecule has 1 aliphatic heterocycles. The molecule has 0 radical (unpaired) electrons. The fourth-order valence-corrected chi connectivity index (χ4v) is 3.27. The van der Waals surface area contributed by atoms with Crippen molar-refractivity contribution in [3.05, 3.63) is 0 Å². The van der Waals surface area contributed by atoms with E-state index in [9.17, 15) is 9.59 Å². The molecule has 0 spiro atoms. The zero-order valence-electron chi connectivity index (χ0n) is 12.1. The number of carboxylic acid groups (broad SMARTS) is 1. The number of carbonyl (C=O) groups is 2. The number of likely N-dealkylation sites (tertiary alicyclic amines) is 1. The number of ether oxygens (including phenoxy) is 1. The second-order valence-corrected chi connectivity index (χ2v) is 5.93. The molecule has 114 valence electrons. The molecule has 0 aromatic rings. The van der Waals surface area contributed by atoms with Gasteiger partial charge in [0.1, 0.15) is 0 Å². The highest BCUT2D eigenvalue weighted by molar-refractivity contribution is 5.77. The van der Waals surface area contributed by atoms with E-state index in [2.05, 4.69) is 5.32 Å².